The van der Waals surface area contributed by atoms with E-state index in [-0.39, 0.29) is 0 Å². The summed E-state index contributed by atoms with van der Waals surface area (Å²) in [5, 5.41) is 0. The van der Waals surface area contributed by atoms with Crippen molar-refractivity contribution >= 4 is 5.57 Å². The number of hydrogen-bond acceptors (Lipinski definition) is 0. The van der Waals surface area contributed by atoms with Crippen LogP contribution in [0.5, 0.6) is 0 Å². The molecule has 0 atom stereocenters. The molecule has 0 aromatic heterocycles. The average molecular weight is 172 g/mol. The van der Waals surface area contributed by atoms with Crippen LogP contribution in [0.25, 0.3) is 5.57 Å². The fourth-order valence-corrected chi connectivity index (χ4v) is 1.34. The van der Waals surface area contributed by atoms with Crippen LogP contribution in [0.2, 0.25) is 0 Å². The van der Waals surface area contributed by atoms with E-state index in [2.05, 4.69) is 43.8 Å². The third-order valence-electron chi connectivity index (χ3n) is 2.23. The van der Waals surface area contributed by atoms with Crippen molar-refractivity contribution in [1.82, 2.24) is 0 Å². The van der Waals surface area contributed by atoms with Gasteiger partial charge in [-0.05, 0) is 30.0 Å². The van der Waals surface area contributed by atoms with E-state index in [0.717, 1.165) is 6.42 Å². The van der Waals surface area contributed by atoms with Crippen molar-refractivity contribution in [3.05, 3.63) is 54.1 Å². The van der Waals surface area contributed by atoms with Crippen molar-refractivity contribution in [2.24, 2.45) is 0 Å². The van der Waals surface area contributed by atoms with Gasteiger partial charge >= 0.3 is 0 Å². The quantitative estimate of drug-likeness (QED) is 0.608. The Labute approximate surface area is 80.6 Å². The average Bonchev–Trinajstić information content (AvgIpc) is 2.21. The highest BCUT2D eigenvalue weighted by Crippen LogP contribution is 2.15. The van der Waals surface area contributed by atoms with Crippen LogP contribution in [0.1, 0.15) is 25.0 Å². The van der Waals surface area contributed by atoms with Gasteiger partial charge in [-0.2, -0.15) is 0 Å². The Bertz CT molecular complexity index is 301. The molecule has 0 amide bonds. The van der Waals surface area contributed by atoms with E-state index in [9.17, 15) is 0 Å². The van der Waals surface area contributed by atoms with Gasteiger partial charge in [0.2, 0.25) is 0 Å². The number of hydrogen-bond donors (Lipinski definition) is 0. The molecule has 0 aliphatic carbocycles. The molecular formula is C13H16. The zero-order valence-corrected chi connectivity index (χ0v) is 8.38. The minimum Gasteiger partial charge on any atom is -0.0985 e. The van der Waals surface area contributed by atoms with Crippen molar-refractivity contribution in [1.29, 1.82) is 0 Å². The van der Waals surface area contributed by atoms with Gasteiger partial charge in [0.25, 0.3) is 0 Å². The predicted octanol–water partition coefficient (Wildman–Crippen LogP) is 3.84. The van der Waals surface area contributed by atoms with Gasteiger partial charge in [0.05, 0.1) is 0 Å². The Morgan fingerprint density at radius 1 is 1.31 bits per heavy atom. The lowest BCUT2D eigenvalue weighted by Gasteiger charge is -2.02. The van der Waals surface area contributed by atoms with Gasteiger partial charge in [0, 0.05) is 0 Å². The minimum atomic E-state index is 1.10. The van der Waals surface area contributed by atoms with Crippen LogP contribution in [-0.2, 0) is 6.42 Å². The van der Waals surface area contributed by atoms with Gasteiger partial charge in [-0.25, -0.2) is 0 Å². The number of aryl methyl sites for hydroxylation is 1. The summed E-state index contributed by atoms with van der Waals surface area (Å²) in [4.78, 5) is 0. The highest BCUT2D eigenvalue weighted by molar-refractivity contribution is 5.73. The van der Waals surface area contributed by atoms with Crippen molar-refractivity contribution in [2.45, 2.75) is 20.3 Å². The summed E-state index contributed by atoms with van der Waals surface area (Å²) in [6.07, 6.45) is 5.06. The molecule has 0 heteroatoms. The summed E-state index contributed by atoms with van der Waals surface area (Å²) in [5.41, 5.74) is 3.82. The van der Waals surface area contributed by atoms with Crippen molar-refractivity contribution < 1.29 is 0 Å². The van der Waals surface area contributed by atoms with Crippen LogP contribution in [0, 0.1) is 0 Å². The molecule has 0 heterocycles. The van der Waals surface area contributed by atoms with E-state index in [1.165, 1.54) is 16.7 Å². The predicted molar refractivity (Wildman–Crippen MR) is 59.7 cm³/mol. The van der Waals surface area contributed by atoms with Crippen LogP contribution in [0.4, 0.5) is 0 Å². The van der Waals surface area contributed by atoms with Crippen LogP contribution in [0.3, 0.4) is 0 Å². The molecule has 0 spiro atoms. The van der Waals surface area contributed by atoms with Gasteiger partial charge < -0.3 is 0 Å². The smallest absolute Gasteiger partial charge is 0.0187 e. The first-order chi connectivity index (χ1) is 6.31. The van der Waals surface area contributed by atoms with E-state index in [0.29, 0.717) is 0 Å². The molecule has 0 bridgehead atoms. The SMILES string of the molecule is C=C/C(=C\C)c1ccc(CC)cc1. The molecule has 0 unspecified atom stereocenters. The lowest BCUT2D eigenvalue weighted by Crippen LogP contribution is -1.83. The highest BCUT2D eigenvalue weighted by atomic mass is 14.0. The molecule has 0 aliphatic heterocycles. The first-order valence-electron chi connectivity index (χ1n) is 4.69. The molecule has 1 rings (SSSR count). The van der Waals surface area contributed by atoms with Crippen LogP contribution in [-0.4, -0.2) is 0 Å². The van der Waals surface area contributed by atoms with Crippen LogP contribution in [0.15, 0.2) is 43.0 Å². The van der Waals surface area contributed by atoms with Crippen LogP contribution < -0.4 is 0 Å². The van der Waals surface area contributed by atoms with E-state index in [1.807, 2.05) is 13.0 Å². The van der Waals surface area contributed by atoms with E-state index in [1.54, 1.807) is 0 Å². The Kier molecular flexibility index (Phi) is 3.51. The summed E-state index contributed by atoms with van der Waals surface area (Å²) in [7, 11) is 0. The lowest BCUT2D eigenvalue weighted by molar-refractivity contribution is 1.14. The monoisotopic (exact) mass is 172 g/mol. The second-order valence-electron chi connectivity index (χ2n) is 3.00. The molecule has 0 nitrogen and oxygen atoms in total. The van der Waals surface area contributed by atoms with Crippen molar-refractivity contribution in [2.75, 3.05) is 0 Å². The van der Waals surface area contributed by atoms with E-state index >= 15 is 0 Å². The summed E-state index contributed by atoms with van der Waals surface area (Å²) in [6, 6.07) is 8.64. The summed E-state index contributed by atoms with van der Waals surface area (Å²) >= 11 is 0. The molecule has 13 heavy (non-hydrogen) atoms. The van der Waals surface area contributed by atoms with E-state index < -0.39 is 0 Å². The minimum absolute atomic E-state index is 1.10. The Morgan fingerprint density at radius 2 is 1.92 bits per heavy atom. The molecular weight excluding hydrogens is 156 g/mol. The maximum Gasteiger partial charge on any atom is -0.0187 e. The first kappa shape index (κ1) is 9.79. The first-order valence-corrected chi connectivity index (χ1v) is 4.69. The number of allylic oxidation sites excluding steroid dienone is 3. The number of benzene rings is 1. The molecule has 0 radical (unpaired) electrons. The molecule has 0 saturated carbocycles. The van der Waals surface area contributed by atoms with Gasteiger partial charge in [-0.15, -0.1) is 0 Å². The Morgan fingerprint density at radius 3 is 2.31 bits per heavy atom. The lowest BCUT2D eigenvalue weighted by atomic mass is 10.0. The second-order valence-corrected chi connectivity index (χ2v) is 3.00. The molecule has 0 fully saturated rings. The van der Waals surface area contributed by atoms with Gasteiger partial charge in [-0.1, -0.05) is 49.9 Å². The fourth-order valence-electron chi connectivity index (χ4n) is 1.34. The fraction of sp³-hybridized carbons (Fsp3) is 0.231. The maximum atomic E-state index is 3.78. The third kappa shape index (κ3) is 2.32. The summed E-state index contributed by atoms with van der Waals surface area (Å²) in [6.45, 7) is 7.98. The van der Waals surface area contributed by atoms with Crippen molar-refractivity contribution in [3.63, 3.8) is 0 Å². The van der Waals surface area contributed by atoms with Crippen LogP contribution >= 0.6 is 0 Å². The molecule has 0 saturated heterocycles. The standard InChI is InChI=1S/C13H16/c1-4-11-7-9-13(10-8-11)12(5-2)6-3/h5-10H,2,4H2,1,3H3/b12-6+. The molecule has 0 aliphatic rings. The number of rotatable bonds is 3. The largest absolute Gasteiger partial charge is 0.0985 e. The van der Waals surface area contributed by atoms with E-state index in [4.69, 9.17) is 0 Å². The zero-order valence-electron chi connectivity index (χ0n) is 8.38. The molecule has 0 N–H and O–H groups in total. The zero-order chi connectivity index (χ0) is 9.68. The van der Waals surface area contributed by atoms with Gasteiger partial charge in [0.15, 0.2) is 0 Å². The van der Waals surface area contributed by atoms with Gasteiger partial charge in [0.1, 0.15) is 0 Å². The highest BCUT2D eigenvalue weighted by Gasteiger charge is 1.95. The maximum absolute atomic E-state index is 3.78. The Balaban J connectivity index is 2.97. The molecule has 1 aromatic rings. The molecule has 1 aromatic carbocycles. The molecule has 68 valence electrons. The Hall–Kier alpha value is -1.30. The van der Waals surface area contributed by atoms with Crippen molar-refractivity contribution in [3.8, 4) is 0 Å². The normalized spacial score (nSPS) is 11.4. The topological polar surface area (TPSA) is 0 Å². The summed E-state index contributed by atoms with van der Waals surface area (Å²) in [5.74, 6) is 0. The second kappa shape index (κ2) is 4.66. The summed E-state index contributed by atoms with van der Waals surface area (Å²) < 4.78 is 0. The van der Waals surface area contributed by atoms with Gasteiger partial charge in [-0.3, -0.25) is 0 Å². The third-order valence-corrected chi connectivity index (χ3v) is 2.23.